The molecule has 0 fully saturated rings. The Kier molecular flexibility index (Phi) is 13.5. The van der Waals surface area contributed by atoms with E-state index in [1.165, 1.54) is 0 Å². The molecule has 0 aromatic heterocycles. The molecule has 0 bridgehead atoms. The average Bonchev–Trinajstić information content (AvgIpc) is 2.40. The first kappa shape index (κ1) is 18.5. The predicted octanol–water partition coefficient (Wildman–Crippen LogP) is 2.22. The molecule has 5 nitrogen and oxygen atoms in total. The summed E-state index contributed by atoms with van der Waals surface area (Å²) in [6, 6.07) is 8.30. The molecular formula is C13H21NO4. The number of hydrogen-bond acceptors (Lipinski definition) is 3. The molecule has 5 heteroatoms. The van der Waals surface area contributed by atoms with Crippen molar-refractivity contribution in [1.29, 1.82) is 0 Å². The molecule has 0 amide bonds. The molecule has 0 unspecified atom stereocenters. The molecule has 1 aromatic carbocycles. The fourth-order valence-corrected chi connectivity index (χ4v) is 0.834. The van der Waals surface area contributed by atoms with Gasteiger partial charge in [0.2, 0.25) is 0 Å². The van der Waals surface area contributed by atoms with Crippen LogP contribution in [0.3, 0.4) is 0 Å². The van der Waals surface area contributed by atoms with Crippen molar-refractivity contribution in [3.8, 4) is 0 Å². The van der Waals surface area contributed by atoms with E-state index in [4.69, 9.17) is 15.9 Å². The first-order valence-electron chi connectivity index (χ1n) is 5.78. The van der Waals surface area contributed by atoms with Crippen LogP contribution in [0.25, 0.3) is 0 Å². The van der Waals surface area contributed by atoms with Gasteiger partial charge in [0.1, 0.15) is 0 Å². The number of carboxylic acids is 2. The molecule has 102 valence electrons. The molecule has 0 saturated heterocycles. The van der Waals surface area contributed by atoms with Crippen LogP contribution in [0.15, 0.2) is 30.3 Å². The van der Waals surface area contributed by atoms with Gasteiger partial charge in [-0.2, -0.15) is 0 Å². The minimum atomic E-state index is -0.879. The number of nitrogens with two attached hydrogens (primary N) is 1. The van der Waals surface area contributed by atoms with Gasteiger partial charge in [0.15, 0.2) is 0 Å². The lowest BCUT2D eigenvalue weighted by molar-refractivity contribution is -0.137. The molecule has 1 rings (SSSR count). The summed E-state index contributed by atoms with van der Waals surface area (Å²) in [5, 5.41) is 16.4. The Morgan fingerprint density at radius 2 is 1.61 bits per heavy atom. The van der Waals surface area contributed by atoms with E-state index in [0.29, 0.717) is 18.5 Å². The van der Waals surface area contributed by atoms with Crippen molar-refractivity contribution >= 4 is 11.9 Å². The van der Waals surface area contributed by atoms with Gasteiger partial charge in [0.05, 0.1) is 5.56 Å². The second kappa shape index (κ2) is 13.2. The number of hydrogen-bond donors (Lipinski definition) is 3. The molecule has 1 aromatic rings. The lowest BCUT2D eigenvalue weighted by Crippen LogP contribution is -2.02. The average molecular weight is 255 g/mol. The van der Waals surface area contributed by atoms with Crippen molar-refractivity contribution in [2.24, 2.45) is 5.73 Å². The third-order valence-corrected chi connectivity index (χ3v) is 1.62. The highest BCUT2D eigenvalue weighted by Crippen LogP contribution is 1.96. The summed E-state index contributed by atoms with van der Waals surface area (Å²) < 4.78 is 0. The van der Waals surface area contributed by atoms with Gasteiger partial charge in [-0.25, -0.2) is 4.79 Å². The molecule has 0 saturated carbocycles. The van der Waals surface area contributed by atoms with Crippen molar-refractivity contribution < 1.29 is 19.8 Å². The van der Waals surface area contributed by atoms with E-state index in [1.807, 2.05) is 13.8 Å². The van der Waals surface area contributed by atoms with Crippen molar-refractivity contribution in [3.05, 3.63) is 35.9 Å². The van der Waals surface area contributed by atoms with E-state index >= 15 is 0 Å². The van der Waals surface area contributed by atoms with Crippen LogP contribution in [0, 0.1) is 0 Å². The largest absolute Gasteiger partial charge is 0.481 e. The van der Waals surface area contributed by atoms with E-state index < -0.39 is 11.9 Å². The zero-order valence-corrected chi connectivity index (χ0v) is 10.8. The van der Waals surface area contributed by atoms with Crippen LogP contribution >= 0.6 is 0 Å². The van der Waals surface area contributed by atoms with E-state index in [9.17, 15) is 9.59 Å². The third-order valence-electron chi connectivity index (χ3n) is 1.62. The first-order valence-corrected chi connectivity index (χ1v) is 5.78. The summed E-state index contributed by atoms with van der Waals surface area (Å²) in [6.45, 7) is 4.46. The zero-order chi connectivity index (χ0) is 14.4. The molecule has 0 radical (unpaired) electrons. The maximum atomic E-state index is 10.2. The Morgan fingerprint density at radius 3 is 1.83 bits per heavy atom. The first-order chi connectivity index (χ1) is 8.57. The number of aliphatic carboxylic acids is 1. The Bertz CT molecular complexity index is 325. The molecule has 0 spiro atoms. The maximum absolute atomic E-state index is 10.2. The molecule has 0 heterocycles. The van der Waals surface area contributed by atoms with Gasteiger partial charge in [0.25, 0.3) is 0 Å². The smallest absolute Gasteiger partial charge is 0.335 e. The SMILES string of the molecule is CC.NCCCC(=O)O.O=C(O)c1ccccc1. The van der Waals surface area contributed by atoms with Crippen LogP contribution in [0.1, 0.15) is 37.0 Å². The summed E-state index contributed by atoms with van der Waals surface area (Å²) >= 11 is 0. The summed E-state index contributed by atoms with van der Waals surface area (Å²) in [6.07, 6.45) is 0.770. The lowest BCUT2D eigenvalue weighted by atomic mass is 10.2. The minimum Gasteiger partial charge on any atom is -0.481 e. The molecule has 0 aliphatic carbocycles. The van der Waals surface area contributed by atoms with Gasteiger partial charge in [0, 0.05) is 6.42 Å². The fraction of sp³-hybridized carbons (Fsp3) is 0.385. The number of carboxylic acid groups (broad SMARTS) is 2. The van der Waals surface area contributed by atoms with Crippen molar-refractivity contribution in [2.75, 3.05) is 6.54 Å². The van der Waals surface area contributed by atoms with Crippen LogP contribution < -0.4 is 5.73 Å². The van der Waals surface area contributed by atoms with Crippen LogP contribution in [0.2, 0.25) is 0 Å². The van der Waals surface area contributed by atoms with Gasteiger partial charge >= 0.3 is 11.9 Å². The van der Waals surface area contributed by atoms with Gasteiger partial charge in [-0.05, 0) is 25.1 Å². The van der Waals surface area contributed by atoms with Gasteiger partial charge in [-0.15, -0.1) is 0 Å². The second-order valence-electron chi connectivity index (χ2n) is 2.96. The summed E-state index contributed by atoms with van der Waals surface area (Å²) in [7, 11) is 0. The number of benzene rings is 1. The van der Waals surface area contributed by atoms with Crippen molar-refractivity contribution in [2.45, 2.75) is 26.7 Å². The topological polar surface area (TPSA) is 101 Å². The number of rotatable bonds is 4. The van der Waals surface area contributed by atoms with E-state index in [2.05, 4.69) is 0 Å². The van der Waals surface area contributed by atoms with E-state index in [-0.39, 0.29) is 6.42 Å². The van der Waals surface area contributed by atoms with Crippen LogP contribution in [0.5, 0.6) is 0 Å². The Labute approximate surface area is 107 Å². The van der Waals surface area contributed by atoms with E-state index in [1.54, 1.807) is 30.3 Å². The fourth-order valence-electron chi connectivity index (χ4n) is 0.834. The highest BCUT2D eigenvalue weighted by atomic mass is 16.4. The summed E-state index contributed by atoms with van der Waals surface area (Å²) in [4.78, 5) is 19.9. The van der Waals surface area contributed by atoms with Gasteiger partial charge in [-0.3, -0.25) is 4.79 Å². The molecular weight excluding hydrogens is 234 g/mol. The molecule has 0 aliphatic heterocycles. The Morgan fingerprint density at radius 1 is 1.11 bits per heavy atom. The molecule has 18 heavy (non-hydrogen) atoms. The van der Waals surface area contributed by atoms with Crippen LogP contribution in [0.4, 0.5) is 0 Å². The van der Waals surface area contributed by atoms with Crippen LogP contribution in [-0.2, 0) is 4.79 Å². The summed E-state index contributed by atoms with van der Waals surface area (Å²) in [5.74, 6) is -1.65. The normalized spacial score (nSPS) is 8.17. The van der Waals surface area contributed by atoms with Gasteiger partial charge < -0.3 is 15.9 Å². The Hall–Kier alpha value is -1.88. The molecule has 0 aliphatic rings. The Balaban J connectivity index is 0. The molecule has 0 atom stereocenters. The van der Waals surface area contributed by atoms with Crippen molar-refractivity contribution in [1.82, 2.24) is 0 Å². The standard InChI is InChI=1S/C7H6O2.C4H9NO2.C2H6/c8-7(9)6-4-2-1-3-5-6;5-3-1-2-4(6)7;1-2/h1-5H,(H,8,9);1-3,5H2,(H,6,7);1-2H3. The highest BCUT2D eigenvalue weighted by molar-refractivity contribution is 5.87. The predicted molar refractivity (Wildman–Crippen MR) is 70.7 cm³/mol. The van der Waals surface area contributed by atoms with Gasteiger partial charge in [-0.1, -0.05) is 32.0 Å². The zero-order valence-electron chi connectivity index (χ0n) is 10.8. The third kappa shape index (κ3) is 12.2. The highest BCUT2D eigenvalue weighted by Gasteiger charge is 1.96. The van der Waals surface area contributed by atoms with Crippen LogP contribution in [-0.4, -0.2) is 28.7 Å². The van der Waals surface area contributed by atoms with Crippen molar-refractivity contribution in [3.63, 3.8) is 0 Å². The van der Waals surface area contributed by atoms with E-state index in [0.717, 1.165) is 0 Å². The lowest BCUT2D eigenvalue weighted by Gasteiger charge is -1.88. The summed E-state index contributed by atoms with van der Waals surface area (Å²) in [5.41, 5.74) is 5.34. The number of carbonyl (C=O) groups is 2. The second-order valence-corrected chi connectivity index (χ2v) is 2.96. The maximum Gasteiger partial charge on any atom is 0.335 e. The quantitative estimate of drug-likeness (QED) is 0.765. The molecule has 4 N–H and O–H groups in total. The number of aromatic carboxylic acids is 1. The monoisotopic (exact) mass is 255 g/mol. The minimum absolute atomic E-state index is 0.191.